The molecule has 2 aromatic heterocycles. The first-order chi connectivity index (χ1) is 8.78. The molecule has 2 heterocycles. The normalized spacial score (nSPS) is 14.3. The molecule has 0 amide bonds. The average Bonchev–Trinajstić information content (AvgIpc) is 2.84. The molecule has 3 rings (SSSR count). The summed E-state index contributed by atoms with van der Waals surface area (Å²) >= 11 is 5.09. The number of nitrogens with two attached hydrogens (primary N) is 1. The molecule has 0 saturated heterocycles. The van der Waals surface area contributed by atoms with Crippen molar-refractivity contribution in [2.24, 2.45) is 5.84 Å². The van der Waals surface area contributed by atoms with Crippen LogP contribution in [-0.2, 0) is 12.8 Å². The largest absolute Gasteiger partial charge is 0.308 e. The van der Waals surface area contributed by atoms with Crippen molar-refractivity contribution in [3.05, 3.63) is 27.2 Å². The van der Waals surface area contributed by atoms with Crippen molar-refractivity contribution in [3.63, 3.8) is 0 Å². The van der Waals surface area contributed by atoms with Crippen LogP contribution < -0.4 is 11.3 Å². The smallest absolute Gasteiger partial charge is 0.171 e. The van der Waals surface area contributed by atoms with Crippen molar-refractivity contribution >= 4 is 33.1 Å². The Morgan fingerprint density at radius 2 is 2.11 bits per heavy atom. The van der Waals surface area contributed by atoms with Crippen molar-refractivity contribution in [2.75, 3.05) is 5.43 Å². The van der Waals surface area contributed by atoms with E-state index in [0.717, 1.165) is 39.5 Å². The molecule has 1 aliphatic carbocycles. The Balaban J connectivity index is 2.11. The van der Waals surface area contributed by atoms with Gasteiger partial charge in [0, 0.05) is 21.1 Å². The molecule has 0 fully saturated rings. The summed E-state index contributed by atoms with van der Waals surface area (Å²) in [5.74, 6) is 7.12. The third-order valence-electron chi connectivity index (χ3n) is 3.11. The molecule has 0 aliphatic heterocycles. The van der Waals surface area contributed by atoms with Crippen LogP contribution in [0.4, 0.5) is 5.82 Å². The zero-order valence-corrected chi connectivity index (χ0v) is 12.1. The molecule has 0 aromatic carbocycles. The summed E-state index contributed by atoms with van der Waals surface area (Å²) in [6.07, 6.45) is 4.42. The lowest BCUT2D eigenvalue weighted by atomic mass is 9.96. The Hall–Kier alpha value is -0.980. The van der Waals surface area contributed by atoms with E-state index < -0.39 is 0 Å². The highest BCUT2D eigenvalue weighted by Crippen LogP contribution is 2.31. The Bertz CT molecular complexity index is 564. The zero-order valence-electron chi connectivity index (χ0n) is 9.74. The molecule has 0 spiro atoms. The topological polar surface area (TPSA) is 63.8 Å². The van der Waals surface area contributed by atoms with Crippen molar-refractivity contribution in [3.8, 4) is 10.7 Å². The minimum atomic E-state index is 0.763. The highest BCUT2D eigenvalue weighted by molar-refractivity contribution is 9.10. The second kappa shape index (κ2) is 4.95. The number of hydrazine groups is 1. The lowest BCUT2D eigenvalue weighted by Gasteiger charge is -2.18. The monoisotopic (exact) mass is 324 g/mol. The molecule has 2 aromatic rings. The Labute approximate surface area is 118 Å². The second-order valence-corrected chi connectivity index (χ2v) is 6.13. The fourth-order valence-corrected chi connectivity index (χ4v) is 3.61. The summed E-state index contributed by atoms with van der Waals surface area (Å²) in [6, 6.07) is 2.04. The van der Waals surface area contributed by atoms with E-state index in [1.165, 1.54) is 18.4 Å². The van der Waals surface area contributed by atoms with Gasteiger partial charge in [-0.25, -0.2) is 15.8 Å². The van der Waals surface area contributed by atoms with E-state index in [-0.39, 0.29) is 0 Å². The number of nitrogens with zero attached hydrogens (tertiary/aromatic N) is 2. The van der Waals surface area contributed by atoms with E-state index >= 15 is 0 Å². The minimum absolute atomic E-state index is 0.763. The molecule has 18 heavy (non-hydrogen) atoms. The third-order valence-corrected chi connectivity index (χ3v) is 4.79. The van der Waals surface area contributed by atoms with E-state index in [9.17, 15) is 0 Å². The molecule has 0 atom stereocenters. The fraction of sp³-hybridized carbons (Fsp3) is 0.333. The van der Waals surface area contributed by atoms with Gasteiger partial charge < -0.3 is 5.43 Å². The quantitative estimate of drug-likeness (QED) is 0.658. The average molecular weight is 325 g/mol. The summed E-state index contributed by atoms with van der Waals surface area (Å²) in [5, 5.41) is 2.04. The van der Waals surface area contributed by atoms with E-state index in [1.807, 2.05) is 11.4 Å². The maximum atomic E-state index is 5.58. The van der Waals surface area contributed by atoms with Gasteiger partial charge in [0.1, 0.15) is 5.82 Å². The van der Waals surface area contributed by atoms with E-state index in [0.29, 0.717) is 0 Å². The van der Waals surface area contributed by atoms with Gasteiger partial charge in [0.05, 0.1) is 4.88 Å². The van der Waals surface area contributed by atoms with Crippen LogP contribution in [0.25, 0.3) is 10.7 Å². The van der Waals surface area contributed by atoms with Crippen LogP contribution >= 0.6 is 27.3 Å². The molecule has 0 unspecified atom stereocenters. The van der Waals surface area contributed by atoms with E-state index in [2.05, 4.69) is 31.3 Å². The number of rotatable bonds is 2. The predicted octanol–water partition coefficient (Wildman–Crippen LogP) is 3.13. The van der Waals surface area contributed by atoms with Gasteiger partial charge in [-0.1, -0.05) is 0 Å². The zero-order chi connectivity index (χ0) is 12.5. The van der Waals surface area contributed by atoms with Crippen molar-refractivity contribution < 1.29 is 0 Å². The Kier molecular flexibility index (Phi) is 3.32. The second-order valence-electron chi connectivity index (χ2n) is 4.30. The molecule has 3 N–H and O–H groups in total. The van der Waals surface area contributed by atoms with Crippen LogP contribution in [0, 0.1) is 0 Å². The van der Waals surface area contributed by atoms with Gasteiger partial charge in [-0.3, -0.25) is 0 Å². The van der Waals surface area contributed by atoms with Gasteiger partial charge in [0.2, 0.25) is 0 Å². The Morgan fingerprint density at radius 1 is 1.28 bits per heavy atom. The van der Waals surface area contributed by atoms with Crippen molar-refractivity contribution in [2.45, 2.75) is 25.7 Å². The standard InChI is InChI=1S/C12H13BrN4S/c13-7-5-10(18-6-7)12-15-9-4-2-1-3-8(9)11(16-12)17-14/h5-6H,1-4,14H2,(H,15,16,17). The number of aromatic nitrogens is 2. The van der Waals surface area contributed by atoms with Gasteiger partial charge in [-0.05, 0) is 47.7 Å². The number of halogens is 1. The SMILES string of the molecule is NNc1nc(-c2cc(Br)cs2)nc2c1CCCC2. The first kappa shape index (κ1) is 12.1. The number of hydrogen-bond donors (Lipinski definition) is 2. The van der Waals surface area contributed by atoms with E-state index in [4.69, 9.17) is 5.84 Å². The summed E-state index contributed by atoms with van der Waals surface area (Å²) in [5.41, 5.74) is 5.04. The maximum Gasteiger partial charge on any atom is 0.171 e. The van der Waals surface area contributed by atoms with Gasteiger partial charge in [0.25, 0.3) is 0 Å². The number of nitrogen functional groups attached to an aromatic ring is 1. The lowest BCUT2D eigenvalue weighted by molar-refractivity contribution is 0.665. The highest BCUT2D eigenvalue weighted by atomic mass is 79.9. The summed E-state index contributed by atoms with van der Waals surface area (Å²) in [4.78, 5) is 10.3. The van der Waals surface area contributed by atoms with Crippen LogP contribution in [0.2, 0.25) is 0 Å². The molecule has 1 aliphatic rings. The van der Waals surface area contributed by atoms with Gasteiger partial charge in [0.15, 0.2) is 5.82 Å². The number of aryl methyl sites for hydroxylation is 1. The summed E-state index contributed by atoms with van der Waals surface area (Å²) in [7, 11) is 0. The molecule has 6 heteroatoms. The summed E-state index contributed by atoms with van der Waals surface area (Å²) in [6.45, 7) is 0. The van der Waals surface area contributed by atoms with Gasteiger partial charge in [-0.2, -0.15) is 0 Å². The van der Waals surface area contributed by atoms with Gasteiger partial charge in [-0.15, -0.1) is 11.3 Å². The molecule has 4 nitrogen and oxygen atoms in total. The molecule has 0 bridgehead atoms. The molecule has 0 radical (unpaired) electrons. The summed E-state index contributed by atoms with van der Waals surface area (Å²) < 4.78 is 1.06. The minimum Gasteiger partial charge on any atom is -0.308 e. The van der Waals surface area contributed by atoms with Crippen molar-refractivity contribution in [1.82, 2.24) is 9.97 Å². The van der Waals surface area contributed by atoms with Crippen LogP contribution in [0.5, 0.6) is 0 Å². The van der Waals surface area contributed by atoms with Crippen LogP contribution in [0.1, 0.15) is 24.1 Å². The third kappa shape index (κ3) is 2.15. The number of anilines is 1. The first-order valence-corrected chi connectivity index (χ1v) is 7.56. The number of fused-ring (bicyclic) bond motifs is 1. The van der Waals surface area contributed by atoms with Crippen LogP contribution in [0.15, 0.2) is 15.9 Å². The van der Waals surface area contributed by atoms with Crippen LogP contribution in [0.3, 0.4) is 0 Å². The highest BCUT2D eigenvalue weighted by Gasteiger charge is 2.18. The number of hydrogen-bond acceptors (Lipinski definition) is 5. The van der Waals surface area contributed by atoms with Gasteiger partial charge >= 0.3 is 0 Å². The molecular formula is C12H13BrN4S. The maximum absolute atomic E-state index is 5.58. The molecular weight excluding hydrogens is 312 g/mol. The molecule has 0 saturated carbocycles. The van der Waals surface area contributed by atoms with Crippen molar-refractivity contribution in [1.29, 1.82) is 0 Å². The predicted molar refractivity (Wildman–Crippen MR) is 77.5 cm³/mol. The Morgan fingerprint density at radius 3 is 2.83 bits per heavy atom. The van der Waals surface area contributed by atoms with E-state index in [1.54, 1.807) is 11.3 Å². The first-order valence-electron chi connectivity index (χ1n) is 5.89. The number of thiophene rings is 1. The number of nitrogens with one attached hydrogen (secondary N) is 1. The molecule has 94 valence electrons. The fourth-order valence-electron chi connectivity index (χ4n) is 2.25. The lowest BCUT2D eigenvalue weighted by Crippen LogP contribution is -2.16. The van der Waals surface area contributed by atoms with Crippen LogP contribution in [-0.4, -0.2) is 9.97 Å².